The van der Waals surface area contributed by atoms with Gasteiger partial charge < -0.3 is 4.42 Å². The van der Waals surface area contributed by atoms with E-state index < -0.39 is 0 Å². The van der Waals surface area contributed by atoms with Crippen LogP contribution in [-0.4, -0.2) is 5.91 Å². The standard InChI is InChI=1S/C15H10BrNO2/c16-13-11-8-4-5-9-12(11)19-15(13)17-14(18)10-6-2-1-3-7-10/h1-9H,(H,17,18). The zero-order chi connectivity index (χ0) is 13.2. The molecule has 3 nitrogen and oxygen atoms in total. The number of amides is 1. The van der Waals surface area contributed by atoms with Crippen LogP contribution >= 0.6 is 15.9 Å². The second-order valence-corrected chi connectivity index (χ2v) is 4.85. The Labute approximate surface area is 118 Å². The molecule has 19 heavy (non-hydrogen) atoms. The van der Waals surface area contributed by atoms with Crippen molar-refractivity contribution in [3.05, 3.63) is 64.6 Å². The summed E-state index contributed by atoms with van der Waals surface area (Å²) in [6.45, 7) is 0. The van der Waals surface area contributed by atoms with Gasteiger partial charge in [0, 0.05) is 10.9 Å². The van der Waals surface area contributed by atoms with E-state index in [2.05, 4.69) is 21.2 Å². The summed E-state index contributed by atoms with van der Waals surface area (Å²) in [5.74, 6) is 0.232. The molecule has 1 aromatic heterocycles. The Morgan fingerprint density at radius 3 is 2.42 bits per heavy atom. The molecule has 1 heterocycles. The fraction of sp³-hybridized carbons (Fsp3) is 0. The van der Waals surface area contributed by atoms with Crippen LogP contribution in [0.25, 0.3) is 11.0 Å². The van der Waals surface area contributed by atoms with Crippen molar-refractivity contribution in [1.29, 1.82) is 0 Å². The van der Waals surface area contributed by atoms with Gasteiger partial charge in [-0.2, -0.15) is 0 Å². The second-order valence-electron chi connectivity index (χ2n) is 4.06. The highest BCUT2D eigenvalue weighted by Crippen LogP contribution is 2.34. The molecule has 0 aliphatic rings. The third-order valence-corrected chi connectivity index (χ3v) is 3.59. The third kappa shape index (κ3) is 2.27. The van der Waals surface area contributed by atoms with Crippen molar-refractivity contribution in [1.82, 2.24) is 0 Å². The van der Waals surface area contributed by atoms with Crippen LogP contribution in [0.3, 0.4) is 0 Å². The molecule has 0 radical (unpaired) electrons. The molecule has 0 saturated carbocycles. The first-order valence-electron chi connectivity index (χ1n) is 5.79. The Morgan fingerprint density at radius 1 is 1.00 bits per heavy atom. The number of carbonyl (C=O) groups is 1. The van der Waals surface area contributed by atoms with Crippen molar-refractivity contribution >= 4 is 38.7 Å². The first-order chi connectivity index (χ1) is 9.25. The Hall–Kier alpha value is -2.07. The number of benzene rings is 2. The van der Waals surface area contributed by atoms with Crippen molar-refractivity contribution < 1.29 is 9.21 Å². The summed E-state index contributed by atoms with van der Waals surface area (Å²) in [5.41, 5.74) is 1.33. The minimum atomic E-state index is -0.194. The lowest BCUT2D eigenvalue weighted by Gasteiger charge is -2.01. The van der Waals surface area contributed by atoms with Crippen LogP contribution in [0.1, 0.15) is 10.4 Å². The predicted molar refractivity (Wildman–Crippen MR) is 78.3 cm³/mol. The highest BCUT2D eigenvalue weighted by Gasteiger charge is 2.14. The lowest BCUT2D eigenvalue weighted by atomic mass is 10.2. The number of halogens is 1. The highest BCUT2D eigenvalue weighted by molar-refractivity contribution is 9.10. The fourth-order valence-electron chi connectivity index (χ4n) is 1.86. The number of rotatable bonds is 2. The molecule has 3 rings (SSSR count). The molecule has 0 bridgehead atoms. The van der Waals surface area contributed by atoms with E-state index in [0.29, 0.717) is 11.4 Å². The van der Waals surface area contributed by atoms with Crippen LogP contribution in [0.5, 0.6) is 0 Å². The van der Waals surface area contributed by atoms with Crippen LogP contribution in [0.4, 0.5) is 5.88 Å². The zero-order valence-electron chi connectivity index (χ0n) is 9.89. The number of fused-ring (bicyclic) bond motifs is 1. The summed E-state index contributed by atoms with van der Waals surface area (Å²) in [5, 5.41) is 3.70. The zero-order valence-corrected chi connectivity index (χ0v) is 11.5. The monoisotopic (exact) mass is 315 g/mol. The van der Waals surface area contributed by atoms with Gasteiger partial charge in [-0.05, 0) is 40.2 Å². The van der Waals surface area contributed by atoms with E-state index in [-0.39, 0.29) is 5.91 Å². The van der Waals surface area contributed by atoms with Gasteiger partial charge in [0.15, 0.2) is 0 Å². The molecule has 0 atom stereocenters. The van der Waals surface area contributed by atoms with Crippen molar-refractivity contribution in [3.63, 3.8) is 0 Å². The fourth-order valence-corrected chi connectivity index (χ4v) is 2.37. The summed E-state index contributed by atoms with van der Waals surface area (Å²) < 4.78 is 6.37. The number of nitrogens with one attached hydrogen (secondary N) is 1. The first-order valence-corrected chi connectivity index (χ1v) is 6.58. The number of furan rings is 1. The minimum Gasteiger partial charge on any atom is -0.439 e. The van der Waals surface area contributed by atoms with Gasteiger partial charge in [0.25, 0.3) is 5.91 Å². The summed E-state index contributed by atoms with van der Waals surface area (Å²) in [6.07, 6.45) is 0. The molecule has 1 N–H and O–H groups in total. The number of carbonyl (C=O) groups excluding carboxylic acids is 1. The smallest absolute Gasteiger partial charge is 0.258 e. The van der Waals surface area contributed by atoms with Crippen molar-refractivity contribution in [2.24, 2.45) is 0 Å². The molecule has 0 unspecified atom stereocenters. The van der Waals surface area contributed by atoms with Gasteiger partial charge >= 0.3 is 0 Å². The lowest BCUT2D eigenvalue weighted by molar-refractivity contribution is 0.102. The minimum absolute atomic E-state index is 0.194. The van der Waals surface area contributed by atoms with E-state index >= 15 is 0 Å². The summed E-state index contributed by atoms with van der Waals surface area (Å²) in [4.78, 5) is 12.1. The molecule has 0 fully saturated rings. The summed E-state index contributed by atoms with van der Waals surface area (Å²) >= 11 is 3.44. The van der Waals surface area contributed by atoms with Crippen molar-refractivity contribution in [3.8, 4) is 0 Å². The molecule has 94 valence electrons. The van der Waals surface area contributed by atoms with Crippen LogP contribution in [-0.2, 0) is 0 Å². The first kappa shape index (κ1) is 12.0. The van der Waals surface area contributed by atoms with Crippen LogP contribution in [0.2, 0.25) is 0 Å². The normalized spacial score (nSPS) is 10.6. The molecular formula is C15H10BrNO2. The molecule has 2 aromatic carbocycles. The number of hydrogen-bond acceptors (Lipinski definition) is 2. The van der Waals surface area contributed by atoms with E-state index in [1.54, 1.807) is 12.1 Å². The molecule has 1 amide bonds. The highest BCUT2D eigenvalue weighted by atomic mass is 79.9. The maximum atomic E-state index is 12.1. The van der Waals surface area contributed by atoms with E-state index in [1.807, 2.05) is 42.5 Å². The van der Waals surface area contributed by atoms with Gasteiger partial charge in [0.05, 0.1) is 4.47 Å². The number of anilines is 1. The number of para-hydroxylation sites is 1. The van der Waals surface area contributed by atoms with E-state index in [0.717, 1.165) is 15.4 Å². The van der Waals surface area contributed by atoms with Gasteiger partial charge in [-0.3, -0.25) is 10.1 Å². The van der Waals surface area contributed by atoms with Crippen molar-refractivity contribution in [2.45, 2.75) is 0 Å². The van der Waals surface area contributed by atoms with Gasteiger partial charge in [-0.15, -0.1) is 0 Å². The van der Waals surface area contributed by atoms with Gasteiger partial charge in [-0.1, -0.05) is 30.3 Å². The Morgan fingerprint density at radius 2 is 1.68 bits per heavy atom. The van der Waals surface area contributed by atoms with Crippen LogP contribution in [0.15, 0.2) is 63.5 Å². The molecule has 4 heteroatoms. The molecule has 0 spiro atoms. The van der Waals surface area contributed by atoms with E-state index in [9.17, 15) is 4.79 Å². The maximum absolute atomic E-state index is 12.1. The summed E-state index contributed by atoms with van der Waals surface area (Å²) in [6, 6.07) is 16.6. The molecule has 0 saturated heterocycles. The molecular weight excluding hydrogens is 306 g/mol. The Bertz CT molecular complexity index is 734. The summed E-state index contributed by atoms with van der Waals surface area (Å²) in [7, 11) is 0. The molecule has 0 aliphatic heterocycles. The quantitative estimate of drug-likeness (QED) is 0.759. The predicted octanol–water partition coefficient (Wildman–Crippen LogP) is 4.45. The second kappa shape index (κ2) is 4.90. The van der Waals surface area contributed by atoms with E-state index in [4.69, 9.17) is 4.42 Å². The topological polar surface area (TPSA) is 42.2 Å². The molecule has 0 aliphatic carbocycles. The number of hydrogen-bond donors (Lipinski definition) is 1. The SMILES string of the molecule is O=C(Nc1oc2ccccc2c1Br)c1ccccc1. The Balaban J connectivity index is 1.94. The van der Waals surface area contributed by atoms with Gasteiger partial charge in [-0.25, -0.2) is 0 Å². The third-order valence-electron chi connectivity index (χ3n) is 2.80. The van der Waals surface area contributed by atoms with Gasteiger partial charge in [0.1, 0.15) is 5.58 Å². The van der Waals surface area contributed by atoms with E-state index in [1.165, 1.54) is 0 Å². The molecule has 3 aromatic rings. The van der Waals surface area contributed by atoms with Gasteiger partial charge in [0.2, 0.25) is 5.88 Å². The largest absolute Gasteiger partial charge is 0.439 e. The van der Waals surface area contributed by atoms with Crippen LogP contribution in [0, 0.1) is 0 Å². The maximum Gasteiger partial charge on any atom is 0.258 e. The average molecular weight is 316 g/mol. The lowest BCUT2D eigenvalue weighted by Crippen LogP contribution is -2.11. The van der Waals surface area contributed by atoms with Crippen molar-refractivity contribution in [2.75, 3.05) is 5.32 Å². The average Bonchev–Trinajstić information content (AvgIpc) is 2.77. The van der Waals surface area contributed by atoms with Crippen LogP contribution < -0.4 is 5.32 Å². The Kier molecular flexibility index (Phi) is 3.09.